The minimum Gasteiger partial charge on any atom is -0.493 e. The second kappa shape index (κ2) is 9.46. The third kappa shape index (κ3) is 5.17. The molecule has 0 bridgehead atoms. The fourth-order valence-electron chi connectivity index (χ4n) is 3.15. The Hall–Kier alpha value is -1.73. The molecule has 2 aromatic rings. The summed E-state index contributed by atoms with van der Waals surface area (Å²) in [4.78, 5) is 17.0. The molecule has 1 heterocycles. The lowest BCUT2D eigenvalue weighted by Crippen LogP contribution is -2.37. The largest absolute Gasteiger partial charge is 0.493 e. The second-order valence-corrected chi connectivity index (χ2v) is 8.84. The Morgan fingerprint density at radius 3 is 2.74 bits per heavy atom. The first-order valence-electron chi connectivity index (χ1n) is 9.19. The monoisotopic (exact) mass is 406 g/mol. The quantitative estimate of drug-likeness (QED) is 0.699. The van der Waals surface area contributed by atoms with Crippen molar-refractivity contribution in [2.24, 2.45) is 0 Å². The van der Waals surface area contributed by atoms with Gasteiger partial charge in [-0.1, -0.05) is 12.8 Å². The predicted molar refractivity (Wildman–Crippen MR) is 112 cm³/mol. The normalized spacial score (nSPS) is 15.5. The van der Waals surface area contributed by atoms with Gasteiger partial charge in [-0.2, -0.15) is 0 Å². The Morgan fingerprint density at radius 2 is 2.04 bits per heavy atom. The molecule has 0 saturated heterocycles. The first-order valence-corrected chi connectivity index (χ1v) is 11.1. The van der Waals surface area contributed by atoms with E-state index in [-0.39, 0.29) is 11.2 Å². The van der Waals surface area contributed by atoms with Crippen LogP contribution in [0.2, 0.25) is 0 Å². The molecule has 1 aliphatic rings. The van der Waals surface area contributed by atoms with E-state index in [2.05, 4.69) is 10.7 Å². The van der Waals surface area contributed by atoms with E-state index < -0.39 is 0 Å². The van der Waals surface area contributed by atoms with Crippen LogP contribution in [0.3, 0.4) is 0 Å². The SMILES string of the molecule is COc1ccc(-c2nc(CSC(C)C(=O)NC3CCCC3)cs2)cc1OC. The number of nitrogens with zero attached hydrogens (tertiary/aromatic N) is 1. The van der Waals surface area contributed by atoms with Gasteiger partial charge in [-0.15, -0.1) is 23.1 Å². The number of nitrogens with one attached hydrogen (secondary N) is 1. The summed E-state index contributed by atoms with van der Waals surface area (Å²) in [6.45, 7) is 1.97. The lowest BCUT2D eigenvalue weighted by atomic mass is 10.2. The summed E-state index contributed by atoms with van der Waals surface area (Å²) in [5, 5.41) is 6.09. The molecule has 0 radical (unpaired) electrons. The molecule has 5 nitrogen and oxygen atoms in total. The molecule has 7 heteroatoms. The van der Waals surface area contributed by atoms with Gasteiger partial charge >= 0.3 is 0 Å². The molecular weight excluding hydrogens is 380 g/mol. The number of thioether (sulfide) groups is 1. The van der Waals surface area contributed by atoms with E-state index in [1.807, 2.05) is 25.1 Å². The second-order valence-electron chi connectivity index (χ2n) is 6.66. The van der Waals surface area contributed by atoms with Crippen molar-refractivity contribution >= 4 is 29.0 Å². The third-order valence-corrected chi connectivity index (χ3v) is 6.85. The van der Waals surface area contributed by atoms with Crippen LogP contribution in [-0.4, -0.2) is 36.4 Å². The van der Waals surface area contributed by atoms with Gasteiger partial charge in [0.1, 0.15) is 5.01 Å². The van der Waals surface area contributed by atoms with Gasteiger partial charge in [-0.25, -0.2) is 4.98 Å². The van der Waals surface area contributed by atoms with Crippen molar-refractivity contribution in [3.05, 3.63) is 29.3 Å². The minimum absolute atomic E-state index is 0.0724. The van der Waals surface area contributed by atoms with E-state index in [0.717, 1.165) is 34.9 Å². The van der Waals surface area contributed by atoms with Gasteiger partial charge in [-0.05, 0) is 38.0 Å². The fourth-order valence-corrected chi connectivity index (χ4v) is 4.86. The average Bonchev–Trinajstić information content (AvgIpc) is 3.37. The van der Waals surface area contributed by atoms with Crippen LogP contribution < -0.4 is 14.8 Å². The molecule has 0 aliphatic heterocycles. The number of aromatic nitrogens is 1. The van der Waals surface area contributed by atoms with Crippen molar-refractivity contribution in [2.45, 2.75) is 49.7 Å². The maximum atomic E-state index is 12.3. The molecule has 1 amide bonds. The summed E-state index contributed by atoms with van der Waals surface area (Å²) in [5.41, 5.74) is 2.00. The summed E-state index contributed by atoms with van der Waals surface area (Å²) >= 11 is 3.23. The Morgan fingerprint density at radius 1 is 1.30 bits per heavy atom. The van der Waals surface area contributed by atoms with Gasteiger partial charge < -0.3 is 14.8 Å². The van der Waals surface area contributed by atoms with Gasteiger partial charge in [0.15, 0.2) is 11.5 Å². The highest BCUT2D eigenvalue weighted by molar-refractivity contribution is 7.99. The number of carbonyl (C=O) groups is 1. The molecule has 1 aromatic carbocycles. The molecule has 3 rings (SSSR count). The number of hydrogen-bond donors (Lipinski definition) is 1. The smallest absolute Gasteiger partial charge is 0.233 e. The van der Waals surface area contributed by atoms with Crippen molar-refractivity contribution < 1.29 is 14.3 Å². The van der Waals surface area contributed by atoms with E-state index >= 15 is 0 Å². The maximum absolute atomic E-state index is 12.3. The van der Waals surface area contributed by atoms with Crippen LogP contribution in [0.5, 0.6) is 11.5 Å². The number of carbonyl (C=O) groups excluding carboxylic acids is 1. The van der Waals surface area contributed by atoms with Crippen molar-refractivity contribution in [2.75, 3.05) is 14.2 Å². The zero-order valence-corrected chi connectivity index (χ0v) is 17.6. The molecule has 1 aliphatic carbocycles. The van der Waals surface area contributed by atoms with Gasteiger partial charge in [0, 0.05) is 22.7 Å². The van der Waals surface area contributed by atoms with Crippen LogP contribution in [0.1, 0.15) is 38.3 Å². The molecule has 27 heavy (non-hydrogen) atoms. The Labute approximate surface area is 168 Å². The highest BCUT2D eigenvalue weighted by Gasteiger charge is 2.21. The van der Waals surface area contributed by atoms with E-state index in [9.17, 15) is 4.79 Å². The zero-order chi connectivity index (χ0) is 19.2. The average molecular weight is 407 g/mol. The summed E-state index contributed by atoms with van der Waals surface area (Å²) in [5.74, 6) is 2.26. The molecular formula is C20H26N2O3S2. The minimum atomic E-state index is -0.0724. The molecule has 1 N–H and O–H groups in total. The third-order valence-electron chi connectivity index (χ3n) is 4.73. The summed E-state index contributed by atoms with van der Waals surface area (Å²) in [6.07, 6.45) is 4.68. The Bertz CT molecular complexity index is 772. The lowest BCUT2D eigenvalue weighted by Gasteiger charge is -2.16. The van der Waals surface area contributed by atoms with Gasteiger partial charge in [0.05, 0.1) is 25.2 Å². The molecule has 1 atom stereocenters. The standard InChI is InChI=1S/C20H26N2O3S2/c1-13(19(23)21-15-6-4-5-7-15)26-11-16-12-27-20(22-16)14-8-9-17(24-2)18(10-14)25-3/h8-10,12-13,15H,4-7,11H2,1-3H3,(H,21,23). The number of ether oxygens (including phenoxy) is 2. The topological polar surface area (TPSA) is 60.5 Å². The molecule has 0 spiro atoms. The predicted octanol–water partition coefficient (Wildman–Crippen LogP) is 4.51. The van der Waals surface area contributed by atoms with Crippen LogP contribution in [-0.2, 0) is 10.5 Å². The molecule has 1 aromatic heterocycles. The van der Waals surface area contributed by atoms with E-state index in [1.165, 1.54) is 12.8 Å². The van der Waals surface area contributed by atoms with Gasteiger partial charge in [0.25, 0.3) is 0 Å². The van der Waals surface area contributed by atoms with Crippen LogP contribution in [0, 0.1) is 0 Å². The first kappa shape index (κ1) is 20.0. The molecule has 1 unspecified atom stereocenters. The number of thiazole rings is 1. The van der Waals surface area contributed by atoms with Crippen LogP contribution in [0.15, 0.2) is 23.6 Å². The first-order chi connectivity index (χ1) is 13.1. The number of methoxy groups -OCH3 is 2. The van der Waals surface area contributed by atoms with E-state index in [0.29, 0.717) is 17.5 Å². The summed E-state index contributed by atoms with van der Waals surface area (Å²) < 4.78 is 10.7. The summed E-state index contributed by atoms with van der Waals surface area (Å²) in [6, 6.07) is 6.18. The van der Waals surface area contributed by atoms with E-state index in [4.69, 9.17) is 14.5 Å². The van der Waals surface area contributed by atoms with E-state index in [1.54, 1.807) is 37.3 Å². The molecule has 1 fully saturated rings. The van der Waals surface area contributed by atoms with Gasteiger partial charge in [0.2, 0.25) is 5.91 Å². The highest BCUT2D eigenvalue weighted by atomic mass is 32.2. The Kier molecular flexibility index (Phi) is 7.01. The van der Waals surface area contributed by atoms with Crippen LogP contribution >= 0.6 is 23.1 Å². The number of benzene rings is 1. The van der Waals surface area contributed by atoms with Crippen molar-refractivity contribution in [1.82, 2.24) is 10.3 Å². The van der Waals surface area contributed by atoms with Crippen LogP contribution in [0.25, 0.3) is 10.6 Å². The van der Waals surface area contributed by atoms with Crippen molar-refractivity contribution in [3.8, 4) is 22.1 Å². The zero-order valence-electron chi connectivity index (χ0n) is 16.0. The number of amides is 1. The van der Waals surface area contributed by atoms with Crippen molar-refractivity contribution in [3.63, 3.8) is 0 Å². The number of rotatable bonds is 8. The molecule has 1 saturated carbocycles. The Balaban J connectivity index is 1.57. The lowest BCUT2D eigenvalue weighted by molar-refractivity contribution is -0.120. The number of hydrogen-bond acceptors (Lipinski definition) is 6. The molecule has 146 valence electrons. The van der Waals surface area contributed by atoms with Gasteiger partial charge in [-0.3, -0.25) is 4.79 Å². The maximum Gasteiger partial charge on any atom is 0.233 e. The summed E-state index contributed by atoms with van der Waals surface area (Å²) in [7, 11) is 3.25. The van der Waals surface area contributed by atoms with Crippen molar-refractivity contribution in [1.29, 1.82) is 0 Å². The highest BCUT2D eigenvalue weighted by Crippen LogP contribution is 2.34. The fraction of sp³-hybridized carbons (Fsp3) is 0.500. The van der Waals surface area contributed by atoms with Crippen LogP contribution in [0.4, 0.5) is 0 Å².